The second-order valence-corrected chi connectivity index (χ2v) is 3.24. The summed E-state index contributed by atoms with van der Waals surface area (Å²) in [5.74, 6) is 0. The van der Waals surface area contributed by atoms with Gasteiger partial charge in [0, 0.05) is 0 Å². The molecule has 2 aromatic rings. The molecule has 0 unspecified atom stereocenters. The van der Waals surface area contributed by atoms with Gasteiger partial charge in [0.05, 0.1) is 22.6 Å². The first-order chi connectivity index (χ1) is 6.83. The standard InChI is InChI=1S/C11H9ClN2/c1-2-11-10(12)8-13-14(11)9-6-4-3-5-7-9/h2-8H,1H2. The van der Waals surface area contributed by atoms with E-state index in [2.05, 4.69) is 11.7 Å². The van der Waals surface area contributed by atoms with Crippen LogP contribution in [-0.4, -0.2) is 9.78 Å². The van der Waals surface area contributed by atoms with Gasteiger partial charge in [0.2, 0.25) is 0 Å². The molecule has 0 aliphatic heterocycles. The molecule has 2 rings (SSSR count). The van der Waals surface area contributed by atoms with Gasteiger partial charge in [-0.15, -0.1) is 0 Å². The molecule has 2 nitrogen and oxygen atoms in total. The van der Waals surface area contributed by atoms with Crippen LogP contribution in [0.15, 0.2) is 43.1 Å². The molecule has 0 atom stereocenters. The maximum Gasteiger partial charge on any atom is 0.0864 e. The summed E-state index contributed by atoms with van der Waals surface area (Å²) >= 11 is 5.94. The molecule has 70 valence electrons. The summed E-state index contributed by atoms with van der Waals surface area (Å²) in [6.45, 7) is 3.70. The number of halogens is 1. The van der Waals surface area contributed by atoms with Gasteiger partial charge in [0.25, 0.3) is 0 Å². The molecule has 0 saturated heterocycles. The number of hydrogen-bond acceptors (Lipinski definition) is 1. The lowest BCUT2D eigenvalue weighted by molar-refractivity contribution is 0.871. The lowest BCUT2D eigenvalue weighted by Gasteiger charge is -2.03. The van der Waals surface area contributed by atoms with Gasteiger partial charge in [-0.25, -0.2) is 4.68 Å². The molecule has 14 heavy (non-hydrogen) atoms. The minimum atomic E-state index is 0.615. The zero-order chi connectivity index (χ0) is 9.97. The Morgan fingerprint density at radius 2 is 2.00 bits per heavy atom. The quantitative estimate of drug-likeness (QED) is 0.735. The van der Waals surface area contributed by atoms with Crippen molar-refractivity contribution < 1.29 is 0 Å². The summed E-state index contributed by atoms with van der Waals surface area (Å²) in [6.07, 6.45) is 3.31. The van der Waals surface area contributed by atoms with Crippen molar-refractivity contribution in [1.29, 1.82) is 0 Å². The largest absolute Gasteiger partial charge is 0.232 e. The van der Waals surface area contributed by atoms with Crippen LogP contribution in [0.2, 0.25) is 5.02 Å². The van der Waals surface area contributed by atoms with E-state index in [0.717, 1.165) is 11.4 Å². The molecule has 0 radical (unpaired) electrons. The summed E-state index contributed by atoms with van der Waals surface area (Å²) in [5.41, 5.74) is 1.80. The zero-order valence-electron chi connectivity index (χ0n) is 7.52. The van der Waals surface area contributed by atoms with Crippen molar-refractivity contribution >= 4 is 17.7 Å². The molecule has 1 aromatic carbocycles. The van der Waals surface area contributed by atoms with Gasteiger partial charge in [-0.05, 0) is 18.2 Å². The van der Waals surface area contributed by atoms with Gasteiger partial charge < -0.3 is 0 Å². The Labute approximate surface area is 87.4 Å². The van der Waals surface area contributed by atoms with Crippen molar-refractivity contribution in [2.45, 2.75) is 0 Å². The number of rotatable bonds is 2. The number of benzene rings is 1. The Morgan fingerprint density at radius 3 is 2.64 bits per heavy atom. The van der Waals surface area contributed by atoms with Crippen LogP contribution in [0.5, 0.6) is 0 Å². The second kappa shape index (κ2) is 3.68. The van der Waals surface area contributed by atoms with E-state index in [1.807, 2.05) is 30.3 Å². The number of nitrogens with zero attached hydrogens (tertiary/aromatic N) is 2. The van der Waals surface area contributed by atoms with Crippen molar-refractivity contribution in [2.24, 2.45) is 0 Å². The van der Waals surface area contributed by atoms with Crippen molar-refractivity contribution in [3.63, 3.8) is 0 Å². The summed E-state index contributed by atoms with van der Waals surface area (Å²) in [6, 6.07) is 9.81. The first kappa shape index (κ1) is 9.03. The van der Waals surface area contributed by atoms with Crippen LogP contribution >= 0.6 is 11.6 Å². The maximum atomic E-state index is 5.94. The van der Waals surface area contributed by atoms with Crippen LogP contribution in [0.4, 0.5) is 0 Å². The summed E-state index contributed by atoms with van der Waals surface area (Å²) in [5, 5.41) is 4.78. The highest BCUT2D eigenvalue weighted by molar-refractivity contribution is 6.31. The summed E-state index contributed by atoms with van der Waals surface area (Å²) in [4.78, 5) is 0. The lowest BCUT2D eigenvalue weighted by atomic mass is 10.3. The van der Waals surface area contributed by atoms with Crippen molar-refractivity contribution in [2.75, 3.05) is 0 Å². The van der Waals surface area contributed by atoms with E-state index in [9.17, 15) is 0 Å². The fourth-order valence-electron chi connectivity index (χ4n) is 1.30. The van der Waals surface area contributed by atoms with Crippen LogP contribution in [0.3, 0.4) is 0 Å². The smallest absolute Gasteiger partial charge is 0.0864 e. The van der Waals surface area contributed by atoms with Gasteiger partial charge >= 0.3 is 0 Å². The average Bonchev–Trinajstić information content (AvgIpc) is 2.61. The average molecular weight is 205 g/mol. The molecule has 1 aromatic heterocycles. The fourth-order valence-corrected chi connectivity index (χ4v) is 1.50. The predicted octanol–water partition coefficient (Wildman–Crippen LogP) is 3.17. The third-order valence-corrected chi connectivity index (χ3v) is 2.24. The van der Waals surface area contributed by atoms with E-state index in [1.165, 1.54) is 0 Å². The molecule has 0 fully saturated rings. The van der Waals surface area contributed by atoms with Crippen LogP contribution < -0.4 is 0 Å². The molecule has 0 aliphatic rings. The fraction of sp³-hybridized carbons (Fsp3) is 0. The van der Waals surface area contributed by atoms with Gasteiger partial charge in [0.1, 0.15) is 0 Å². The molecule has 0 N–H and O–H groups in total. The molecule has 0 bridgehead atoms. The Balaban J connectivity index is 2.57. The van der Waals surface area contributed by atoms with E-state index in [4.69, 9.17) is 11.6 Å². The Kier molecular flexibility index (Phi) is 2.37. The van der Waals surface area contributed by atoms with E-state index in [-0.39, 0.29) is 0 Å². The van der Waals surface area contributed by atoms with Crippen molar-refractivity contribution in [1.82, 2.24) is 9.78 Å². The summed E-state index contributed by atoms with van der Waals surface area (Å²) in [7, 11) is 0. The van der Waals surface area contributed by atoms with Crippen molar-refractivity contribution in [3.8, 4) is 5.69 Å². The number of para-hydroxylation sites is 1. The van der Waals surface area contributed by atoms with Crippen LogP contribution in [-0.2, 0) is 0 Å². The van der Waals surface area contributed by atoms with Crippen LogP contribution in [0.1, 0.15) is 5.69 Å². The third kappa shape index (κ3) is 1.44. The molecule has 0 saturated carbocycles. The predicted molar refractivity (Wildman–Crippen MR) is 58.7 cm³/mol. The normalized spacial score (nSPS) is 10.1. The first-order valence-electron chi connectivity index (χ1n) is 4.24. The van der Waals surface area contributed by atoms with Gasteiger partial charge in [-0.3, -0.25) is 0 Å². The highest BCUT2D eigenvalue weighted by Crippen LogP contribution is 2.19. The molecule has 1 heterocycles. The van der Waals surface area contributed by atoms with Gasteiger partial charge in [-0.2, -0.15) is 5.10 Å². The summed E-state index contributed by atoms with van der Waals surface area (Å²) < 4.78 is 1.76. The van der Waals surface area contributed by atoms with E-state index >= 15 is 0 Å². The van der Waals surface area contributed by atoms with E-state index in [1.54, 1.807) is 17.0 Å². The highest BCUT2D eigenvalue weighted by Gasteiger charge is 2.06. The topological polar surface area (TPSA) is 17.8 Å². The molecule has 0 amide bonds. The molecule has 0 spiro atoms. The molecular formula is C11H9ClN2. The monoisotopic (exact) mass is 204 g/mol. The highest BCUT2D eigenvalue weighted by atomic mass is 35.5. The maximum absolute atomic E-state index is 5.94. The van der Waals surface area contributed by atoms with Crippen molar-refractivity contribution in [3.05, 3.63) is 53.8 Å². The minimum absolute atomic E-state index is 0.615. The Hall–Kier alpha value is -1.54. The number of aromatic nitrogens is 2. The third-order valence-electron chi connectivity index (χ3n) is 1.95. The van der Waals surface area contributed by atoms with Gasteiger partial charge in [-0.1, -0.05) is 36.4 Å². The Morgan fingerprint density at radius 1 is 1.29 bits per heavy atom. The zero-order valence-corrected chi connectivity index (χ0v) is 8.28. The van der Waals surface area contributed by atoms with Crippen LogP contribution in [0, 0.1) is 0 Å². The first-order valence-corrected chi connectivity index (χ1v) is 4.62. The van der Waals surface area contributed by atoms with E-state index in [0.29, 0.717) is 5.02 Å². The van der Waals surface area contributed by atoms with Crippen LogP contribution in [0.25, 0.3) is 11.8 Å². The molecule has 3 heteroatoms. The lowest BCUT2D eigenvalue weighted by Crippen LogP contribution is -1.97. The van der Waals surface area contributed by atoms with E-state index < -0.39 is 0 Å². The second-order valence-electron chi connectivity index (χ2n) is 2.83. The minimum Gasteiger partial charge on any atom is -0.232 e. The molecular weight excluding hydrogens is 196 g/mol. The SMILES string of the molecule is C=Cc1c(Cl)cnn1-c1ccccc1. The Bertz CT molecular complexity index is 446. The van der Waals surface area contributed by atoms with Gasteiger partial charge in [0.15, 0.2) is 0 Å². The molecule has 0 aliphatic carbocycles. The number of hydrogen-bond donors (Lipinski definition) is 0.